The van der Waals surface area contributed by atoms with Gasteiger partial charge >= 0.3 is 0 Å². The molecule has 33 heavy (non-hydrogen) atoms. The van der Waals surface area contributed by atoms with Crippen LogP contribution >= 0.6 is 11.6 Å². The molecule has 4 nitrogen and oxygen atoms in total. The molecule has 4 aromatic carbocycles. The van der Waals surface area contributed by atoms with Crippen molar-refractivity contribution in [3.63, 3.8) is 0 Å². The Morgan fingerprint density at radius 1 is 0.788 bits per heavy atom. The smallest absolute Gasteiger partial charge is 0.146 e. The van der Waals surface area contributed by atoms with Gasteiger partial charge in [0.25, 0.3) is 0 Å². The van der Waals surface area contributed by atoms with Gasteiger partial charge in [-0.3, -0.25) is 4.98 Å². The molecule has 5 heteroatoms. The summed E-state index contributed by atoms with van der Waals surface area (Å²) >= 11 is 6.63. The van der Waals surface area contributed by atoms with Crippen LogP contribution in [0.25, 0.3) is 21.7 Å². The van der Waals surface area contributed by atoms with Crippen LogP contribution < -0.4 is 14.8 Å². The second-order valence-corrected chi connectivity index (χ2v) is 8.40. The molecule has 164 valence electrons. The fourth-order valence-electron chi connectivity index (χ4n) is 4.01. The Morgan fingerprint density at radius 2 is 1.58 bits per heavy atom. The lowest BCUT2D eigenvalue weighted by Crippen LogP contribution is -1.96. The van der Waals surface area contributed by atoms with Gasteiger partial charge in [0.15, 0.2) is 0 Å². The van der Waals surface area contributed by atoms with Crippen LogP contribution in [0.4, 0.5) is 11.4 Å². The van der Waals surface area contributed by atoms with Crippen LogP contribution in [-0.4, -0.2) is 12.1 Å². The van der Waals surface area contributed by atoms with Gasteiger partial charge in [0.1, 0.15) is 17.2 Å². The van der Waals surface area contributed by atoms with E-state index in [1.54, 1.807) is 7.11 Å². The van der Waals surface area contributed by atoms with Crippen molar-refractivity contribution in [3.8, 4) is 17.2 Å². The Labute approximate surface area is 197 Å². The minimum atomic E-state index is 0.525. The average Bonchev–Trinajstić information content (AvgIpc) is 2.82. The first-order valence-corrected chi connectivity index (χ1v) is 11.1. The number of aryl methyl sites for hydroxylation is 2. The topological polar surface area (TPSA) is 43.4 Å². The van der Waals surface area contributed by atoms with Gasteiger partial charge < -0.3 is 14.8 Å². The first-order chi connectivity index (χ1) is 16.0. The van der Waals surface area contributed by atoms with Gasteiger partial charge in [-0.15, -0.1) is 0 Å². The van der Waals surface area contributed by atoms with Crippen LogP contribution in [0.3, 0.4) is 0 Å². The molecule has 0 unspecified atom stereocenters. The molecular formula is C28H23ClN2O2. The van der Waals surface area contributed by atoms with Gasteiger partial charge in [-0.25, -0.2) is 0 Å². The van der Waals surface area contributed by atoms with Crippen molar-refractivity contribution >= 4 is 44.7 Å². The Morgan fingerprint density at radius 3 is 2.36 bits per heavy atom. The standard InChI is InChI=1S/C28H23ClN2O2/c1-17-8-12-27(22-7-5-4-6-21(17)22)33-28-13-9-19(15-24(28)29)31-26-14-18(2)30-25-11-10-20(32-3)16-23(25)26/h4-16H,1-3H3,(H,30,31). The first kappa shape index (κ1) is 21.1. The SMILES string of the molecule is COc1ccc2nc(C)cc(Nc3ccc(Oc4ccc(C)c5ccccc45)c(Cl)c3)c2c1. The Balaban J connectivity index is 1.47. The fraction of sp³-hybridized carbons (Fsp3) is 0.107. The zero-order chi connectivity index (χ0) is 22.9. The third kappa shape index (κ3) is 4.18. The van der Waals surface area contributed by atoms with Gasteiger partial charge in [0.2, 0.25) is 0 Å². The maximum Gasteiger partial charge on any atom is 0.146 e. The van der Waals surface area contributed by atoms with E-state index in [1.165, 1.54) is 10.9 Å². The number of fused-ring (bicyclic) bond motifs is 2. The number of benzene rings is 4. The molecule has 0 saturated carbocycles. The number of rotatable bonds is 5. The van der Waals surface area contributed by atoms with Crippen LogP contribution in [0.5, 0.6) is 17.2 Å². The second-order valence-electron chi connectivity index (χ2n) is 7.99. The number of pyridine rings is 1. The van der Waals surface area contributed by atoms with Crippen LogP contribution in [0.1, 0.15) is 11.3 Å². The molecule has 0 radical (unpaired) electrons. The second kappa shape index (κ2) is 8.64. The highest BCUT2D eigenvalue weighted by Crippen LogP contribution is 2.37. The number of ether oxygens (including phenoxy) is 2. The lowest BCUT2D eigenvalue weighted by atomic mass is 10.0. The van der Waals surface area contributed by atoms with Gasteiger partial charge in [0, 0.05) is 27.8 Å². The highest BCUT2D eigenvalue weighted by atomic mass is 35.5. The Bertz CT molecular complexity index is 1500. The van der Waals surface area contributed by atoms with E-state index in [2.05, 4.69) is 35.4 Å². The Hall–Kier alpha value is -3.76. The third-order valence-electron chi connectivity index (χ3n) is 5.68. The average molecular weight is 455 g/mol. The van der Waals surface area contributed by atoms with E-state index in [-0.39, 0.29) is 0 Å². The number of anilines is 2. The van der Waals surface area contributed by atoms with Gasteiger partial charge in [0.05, 0.1) is 17.6 Å². The van der Waals surface area contributed by atoms with Crippen molar-refractivity contribution in [2.24, 2.45) is 0 Å². The minimum absolute atomic E-state index is 0.525. The molecule has 0 bridgehead atoms. The number of hydrogen-bond donors (Lipinski definition) is 1. The molecule has 0 spiro atoms. The summed E-state index contributed by atoms with van der Waals surface area (Å²) in [6.07, 6.45) is 0. The predicted molar refractivity (Wildman–Crippen MR) is 137 cm³/mol. The van der Waals surface area contributed by atoms with E-state index in [0.717, 1.165) is 44.9 Å². The molecule has 0 amide bonds. The summed E-state index contributed by atoms with van der Waals surface area (Å²) in [5, 5.41) is 7.20. The van der Waals surface area contributed by atoms with E-state index in [9.17, 15) is 0 Å². The minimum Gasteiger partial charge on any atom is -0.497 e. The van der Waals surface area contributed by atoms with E-state index in [0.29, 0.717) is 10.8 Å². The summed E-state index contributed by atoms with van der Waals surface area (Å²) < 4.78 is 11.6. The first-order valence-electron chi connectivity index (χ1n) is 10.7. The maximum absolute atomic E-state index is 6.63. The van der Waals surface area contributed by atoms with Crippen molar-refractivity contribution in [1.82, 2.24) is 4.98 Å². The van der Waals surface area contributed by atoms with Crippen molar-refractivity contribution < 1.29 is 9.47 Å². The van der Waals surface area contributed by atoms with Crippen molar-refractivity contribution in [2.75, 3.05) is 12.4 Å². The van der Waals surface area contributed by atoms with Crippen LogP contribution in [0, 0.1) is 13.8 Å². The van der Waals surface area contributed by atoms with Crippen molar-refractivity contribution in [3.05, 3.63) is 95.1 Å². The molecule has 1 N–H and O–H groups in total. The van der Waals surface area contributed by atoms with Gasteiger partial charge in [-0.2, -0.15) is 0 Å². The number of hydrogen-bond acceptors (Lipinski definition) is 4. The monoisotopic (exact) mass is 454 g/mol. The molecule has 1 aromatic heterocycles. The van der Waals surface area contributed by atoms with Crippen LogP contribution in [0.15, 0.2) is 78.9 Å². The van der Waals surface area contributed by atoms with Crippen molar-refractivity contribution in [1.29, 1.82) is 0 Å². The van der Waals surface area contributed by atoms with Crippen molar-refractivity contribution in [2.45, 2.75) is 13.8 Å². The highest BCUT2D eigenvalue weighted by Gasteiger charge is 2.11. The maximum atomic E-state index is 6.63. The molecule has 1 heterocycles. The summed E-state index contributed by atoms with van der Waals surface area (Å²) in [7, 11) is 1.66. The molecular weight excluding hydrogens is 432 g/mol. The van der Waals surface area contributed by atoms with E-state index >= 15 is 0 Å². The highest BCUT2D eigenvalue weighted by molar-refractivity contribution is 6.32. The molecule has 0 aliphatic carbocycles. The zero-order valence-electron chi connectivity index (χ0n) is 18.6. The number of methoxy groups -OCH3 is 1. The van der Waals surface area contributed by atoms with E-state index in [1.807, 2.05) is 67.6 Å². The summed E-state index contributed by atoms with van der Waals surface area (Å²) in [6.45, 7) is 4.07. The predicted octanol–water partition coefficient (Wildman–Crippen LogP) is 8.20. The number of nitrogens with zero attached hydrogens (tertiary/aromatic N) is 1. The molecule has 0 fully saturated rings. The quantitative estimate of drug-likeness (QED) is 0.290. The third-order valence-corrected chi connectivity index (χ3v) is 5.97. The molecule has 0 atom stereocenters. The molecule has 5 rings (SSSR count). The van der Waals surface area contributed by atoms with Crippen LogP contribution in [-0.2, 0) is 0 Å². The molecule has 0 saturated heterocycles. The largest absolute Gasteiger partial charge is 0.497 e. The molecule has 5 aromatic rings. The van der Waals surface area contributed by atoms with Gasteiger partial charge in [-0.1, -0.05) is 41.9 Å². The van der Waals surface area contributed by atoms with Crippen LogP contribution in [0.2, 0.25) is 5.02 Å². The van der Waals surface area contributed by atoms with E-state index in [4.69, 9.17) is 21.1 Å². The van der Waals surface area contributed by atoms with E-state index < -0.39 is 0 Å². The number of nitrogens with one attached hydrogen (secondary N) is 1. The van der Waals surface area contributed by atoms with Gasteiger partial charge in [-0.05, 0) is 73.3 Å². The summed E-state index contributed by atoms with van der Waals surface area (Å²) in [5.74, 6) is 2.17. The number of halogens is 1. The Kier molecular flexibility index (Phi) is 5.53. The lowest BCUT2D eigenvalue weighted by molar-refractivity contribution is 0.415. The summed E-state index contributed by atoms with van der Waals surface area (Å²) in [6, 6.07) is 25.8. The fourth-order valence-corrected chi connectivity index (χ4v) is 4.23. The summed E-state index contributed by atoms with van der Waals surface area (Å²) in [4.78, 5) is 4.62. The molecule has 0 aliphatic heterocycles. The lowest BCUT2D eigenvalue weighted by Gasteiger charge is -2.15. The zero-order valence-corrected chi connectivity index (χ0v) is 19.4. The normalized spacial score (nSPS) is 11.0. The molecule has 0 aliphatic rings. The number of aromatic nitrogens is 1. The summed E-state index contributed by atoms with van der Waals surface area (Å²) in [5.41, 5.74) is 4.82.